The minimum absolute atomic E-state index is 0.552. The van der Waals surface area contributed by atoms with Crippen LogP contribution < -0.4 is 5.73 Å². The highest BCUT2D eigenvalue weighted by Crippen LogP contribution is 2.51. The maximum atomic E-state index is 5.67. The molecule has 0 amide bonds. The molecule has 1 heterocycles. The van der Waals surface area contributed by atoms with Gasteiger partial charge in [-0.3, -0.25) is 0 Å². The standard InChI is InChI=1S/C14H18N2S/c15-8-7-14(5-6-14)10-17-13-9-11-3-1-2-4-12(11)16-13/h1-4,9,16H,5-8,10,15H2. The molecular formula is C14H18N2S. The molecule has 1 fully saturated rings. The first-order valence-corrected chi connectivity index (χ1v) is 7.21. The second-order valence-corrected chi connectivity index (χ2v) is 6.07. The molecule has 3 rings (SSSR count). The van der Waals surface area contributed by atoms with Crippen LogP contribution in [0.25, 0.3) is 10.9 Å². The lowest BCUT2D eigenvalue weighted by atomic mass is 10.1. The van der Waals surface area contributed by atoms with Gasteiger partial charge in [-0.1, -0.05) is 18.2 Å². The lowest BCUT2D eigenvalue weighted by Gasteiger charge is -2.11. The van der Waals surface area contributed by atoms with E-state index >= 15 is 0 Å². The van der Waals surface area contributed by atoms with E-state index < -0.39 is 0 Å². The largest absolute Gasteiger partial charge is 0.350 e. The number of hydrogen-bond donors (Lipinski definition) is 2. The average molecular weight is 246 g/mol. The quantitative estimate of drug-likeness (QED) is 0.794. The number of aromatic amines is 1. The summed E-state index contributed by atoms with van der Waals surface area (Å²) in [7, 11) is 0. The first-order chi connectivity index (χ1) is 8.31. The number of nitrogens with one attached hydrogen (secondary N) is 1. The average Bonchev–Trinajstić information content (AvgIpc) is 2.98. The van der Waals surface area contributed by atoms with E-state index in [0.717, 1.165) is 6.54 Å². The fourth-order valence-corrected chi connectivity index (χ4v) is 3.59. The van der Waals surface area contributed by atoms with Crippen LogP contribution in [0.3, 0.4) is 0 Å². The number of nitrogens with two attached hydrogens (primary N) is 1. The topological polar surface area (TPSA) is 41.8 Å². The maximum Gasteiger partial charge on any atom is 0.0732 e. The van der Waals surface area contributed by atoms with Gasteiger partial charge in [0.05, 0.1) is 5.03 Å². The Bertz CT molecular complexity index is 481. The van der Waals surface area contributed by atoms with Gasteiger partial charge in [0.25, 0.3) is 0 Å². The fourth-order valence-electron chi connectivity index (χ4n) is 2.30. The molecule has 0 unspecified atom stereocenters. The molecule has 1 aliphatic rings. The summed E-state index contributed by atoms with van der Waals surface area (Å²) < 4.78 is 0. The first-order valence-electron chi connectivity index (χ1n) is 6.22. The number of fused-ring (bicyclic) bond motifs is 1. The Morgan fingerprint density at radius 2 is 2.12 bits per heavy atom. The van der Waals surface area contributed by atoms with Crippen LogP contribution in [0.15, 0.2) is 35.4 Å². The summed E-state index contributed by atoms with van der Waals surface area (Å²) in [6.07, 6.45) is 3.90. The van der Waals surface area contributed by atoms with E-state index in [1.807, 2.05) is 11.8 Å². The Morgan fingerprint density at radius 3 is 2.82 bits per heavy atom. The summed E-state index contributed by atoms with van der Waals surface area (Å²) in [5, 5.41) is 2.59. The van der Waals surface area contributed by atoms with Crippen LogP contribution >= 0.6 is 11.8 Å². The van der Waals surface area contributed by atoms with Gasteiger partial charge in [-0.05, 0) is 43.4 Å². The van der Waals surface area contributed by atoms with E-state index in [-0.39, 0.29) is 0 Å². The minimum Gasteiger partial charge on any atom is -0.350 e. The van der Waals surface area contributed by atoms with Crippen molar-refractivity contribution in [2.45, 2.75) is 24.3 Å². The monoisotopic (exact) mass is 246 g/mol. The molecule has 2 nitrogen and oxygen atoms in total. The smallest absolute Gasteiger partial charge is 0.0732 e. The van der Waals surface area contributed by atoms with Gasteiger partial charge < -0.3 is 10.7 Å². The van der Waals surface area contributed by atoms with Gasteiger partial charge in [0.15, 0.2) is 0 Å². The van der Waals surface area contributed by atoms with Crippen molar-refractivity contribution in [2.75, 3.05) is 12.3 Å². The number of thioether (sulfide) groups is 1. The van der Waals surface area contributed by atoms with Crippen molar-refractivity contribution in [1.82, 2.24) is 4.98 Å². The summed E-state index contributed by atoms with van der Waals surface area (Å²) in [6.45, 7) is 0.827. The lowest BCUT2D eigenvalue weighted by Crippen LogP contribution is -2.11. The van der Waals surface area contributed by atoms with Gasteiger partial charge in [-0.2, -0.15) is 0 Å². The third kappa shape index (κ3) is 2.35. The Labute approximate surface area is 106 Å². The molecule has 0 saturated heterocycles. The molecule has 17 heavy (non-hydrogen) atoms. The molecule has 1 saturated carbocycles. The van der Waals surface area contributed by atoms with E-state index in [9.17, 15) is 0 Å². The van der Waals surface area contributed by atoms with E-state index in [4.69, 9.17) is 5.73 Å². The van der Waals surface area contributed by atoms with Gasteiger partial charge in [0.1, 0.15) is 0 Å². The van der Waals surface area contributed by atoms with Gasteiger partial charge in [-0.15, -0.1) is 11.8 Å². The lowest BCUT2D eigenvalue weighted by molar-refractivity contribution is 0.537. The van der Waals surface area contributed by atoms with E-state index in [1.165, 1.54) is 40.9 Å². The number of H-pyrrole nitrogens is 1. The van der Waals surface area contributed by atoms with E-state index in [1.54, 1.807) is 0 Å². The molecule has 0 aliphatic heterocycles. The first kappa shape index (κ1) is 11.2. The van der Waals surface area contributed by atoms with Crippen LogP contribution in [-0.2, 0) is 0 Å². The molecule has 3 heteroatoms. The van der Waals surface area contributed by atoms with Crippen LogP contribution in [0.4, 0.5) is 0 Å². The number of benzene rings is 1. The number of para-hydroxylation sites is 1. The third-order valence-electron chi connectivity index (χ3n) is 3.67. The normalized spacial score (nSPS) is 17.5. The van der Waals surface area contributed by atoms with Gasteiger partial charge in [-0.25, -0.2) is 0 Å². The number of rotatable bonds is 5. The summed E-state index contributed by atoms with van der Waals surface area (Å²) in [4.78, 5) is 3.47. The van der Waals surface area contributed by atoms with Crippen molar-refractivity contribution in [3.63, 3.8) is 0 Å². The van der Waals surface area contributed by atoms with Gasteiger partial charge in [0, 0.05) is 16.7 Å². The van der Waals surface area contributed by atoms with Gasteiger partial charge in [0.2, 0.25) is 0 Å². The molecule has 0 bridgehead atoms. The third-order valence-corrected chi connectivity index (χ3v) is 4.96. The van der Waals surface area contributed by atoms with Crippen LogP contribution in [0.2, 0.25) is 0 Å². The summed E-state index contributed by atoms with van der Waals surface area (Å²) in [5.74, 6) is 1.21. The zero-order valence-electron chi connectivity index (χ0n) is 9.91. The van der Waals surface area contributed by atoms with Crippen LogP contribution in [0.5, 0.6) is 0 Å². The van der Waals surface area contributed by atoms with Gasteiger partial charge >= 0.3 is 0 Å². The minimum atomic E-state index is 0.552. The Balaban J connectivity index is 1.69. The van der Waals surface area contributed by atoms with Crippen LogP contribution in [0.1, 0.15) is 19.3 Å². The van der Waals surface area contributed by atoms with Crippen molar-refractivity contribution >= 4 is 22.7 Å². The molecule has 1 aromatic carbocycles. The zero-order valence-corrected chi connectivity index (χ0v) is 10.7. The molecule has 3 N–H and O–H groups in total. The second kappa shape index (κ2) is 4.39. The summed E-state index contributed by atoms with van der Waals surface area (Å²) in [6, 6.07) is 10.7. The van der Waals surface area contributed by atoms with Crippen molar-refractivity contribution in [2.24, 2.45) is 11.1 Å². The number of hydrogen-bond acceptors (Lipinski definition) is 2. The van der Waals surface area contributed by atoms with Crippen molar-refractivity contribution in [1.29, 1.82) is 0 Å². The Kier molecular flexibility index (Phi) is 2.89. The van der Waals surface area contributed by atoms with E-state index in [2.05, 4.69) is 35.3 Å². The second-order valence-electron chi connectivity index (χ2n) is 5.05. The maximum absolute atomic E-state index is 5.67. The molecule has 90 valence electrons. The highest BCUT2D eigenvalue weighted by molar-refractivity contribution is 7.99. The highest BCUT2D eigenvalue weighted by atomic mass is 32.2. The van der Waals surface area contributed by atoms with Crippen LogP contribution in [-0.4, -0.2) is 17.3 Å². The van der Waals surface area contributed by atoms with Crippen LogP contribution in [0, 0.1) is 5.41 Å². The molecule has 0 radical (unpaired) electrons. The van der Waals surface area contributed by atoms with Crippen molar-refractivity contribution in [3.8, 4) is 0 Å². The molecule has 2 aromatic rings. The molecular weight excluding hydrogens is 228 g/mol. The predicted octanol–water partition coefficient (Wildman–Crippen LogP) is 3.39. The summed E-state index contributed by atoms with van der Waals surface area (Å²) >= 11 is 1.94. The Morgan fingerprint density at radius 1 is 1.29 bits per heavy atom. The SMILES string of the molecule is NCCC1(CSc2cc3ccccc3[nH]2)CC1. The summed E-state index contributed by atoms with van der Waals surface area (Å²) in [5.41, 5.74) is 7.45. The van der Waals surface area contributed by atoms with Crippen molar-refractivity contribution in [3.05, 3.63) is 30.3 Å². The van der Waals surface area contributed by atoms with Crippen molar-refractivity contribution < 1.29 is 0 Å². The Hall–Kier alpha value is -0.930. The molecule has 0 spiro atoms. The predicted molar refractivity (Wildman–Crippen MR) is 74.4 cm³/mol. The fraction of sp³-hybridized carbons (Fsp3) is 0.429. The molecule has 0 atom stereocenters. The number of aromatic nitrogens is 1. The van der Waals surface area contributed by atoms with E-state index in [0.29, 0.717) is 5.41 Å². The highest BCUT2D eigenvalue weighted by Gasteiger charge is 2.41. The molecule has 1 aromatic heterocycles. The zero-order chi connectivity index (χ0) is 11.7. The molecule has 1 aliphatic carbocycles.